The summed E-state index contributed by atoms with van der Waals surface area (Å²) in [6.45, 7) is 4.98. The molecule has 0 radical (unpaired) electrons. The summed E-state index contributed by atoms with van der Waals surface area (Å²) in [7, 11) is 1.99. The van der Waals surface area contributed by atoms with Crippen molar-refractivity contribution in [2.24, 2.45) is 7.05 Å². The van der Waals surface area contributed by atoms with Gasteiger partial charge in [-0.25, -0.2) is 0 Å². The first-order chi connectivity index (χ1) is 14.7. The Kier molecular flexibility index (Phi) is 6.78. The molecule has 1 aliphatic rings. The van der Waals surface area contributed by atoms with Crippen LogP contribution in [0.4, 0.5) is 5.69 Å². The van der Waals surface area contributed by atoms with Gasteiger partial charge < -0.3 is 19.5 Å². The monoisotopic (exact) mass is 424 g/mol. The van der Waals surface area contributed by atoms with Gasteiger partial charge in [-0.15, -0.1) is 10.2 Å². The third-order valence-electron chi connectivity index (χ3n) is 5.16. The topological polar surface area (TPSA) is 73.5 Å². The number of hydrogen-bond acceptors (Lipinski definition) is 5. The van der Waals surface area contributed by atoms with Gasteiger partial charge in [-0.1, -0.05) is 30.0 Å². The zero-order valence-electron chi connectivity index (χ0n) is 17.0. The molecule has 2 N–H and O–H groups in total. The van der Waals surface area contributed by atoms with Crippen molar-refractivity contribution in [2.45, 2.75) is 5.16 Å². The molecular weight excluding hydrogens is 398 g/mol. The van der Waals surface area contributed by atoms with E-state index in [0.29, 0.717) is 5.56 Å². The quantitative estimate of drug-likeness (QED) is 0.566. The summed E-state index contributed by atoms with van der Waals surface area (Å²) in [5, 5.41) is 12.6. The van der Waals surface area contributed by atoms with Crippen molar-refractivity contribution < 1.29 is 14.4 Å². The standard InChI is InChI=1S/C22H25N5O2S/c1-26-20(24-25-22(26)30-16-13-27-11-14-29-15-12-27)17-7-9-19(10-8-17)23-21(28)18-5-3-2-4-6-18/h2-10H,11-16H2,1H3,(H,23,28)/p+1. The molecular formula is C22H26N5O2S+. The maximum Gasteiger partial charge on any atom is 0.255 e. The van der Waals surface area contributed by atoms with Gasteiger partial charge in [0.15, 0.2) is 11.0 Å². The SMILES string of the molecule is Cn1c(SCC[NH+]2CCOCC2)nnc1-c1ccc(NC(=O)c2ccccc2)cc1. The van der Waals surface area contributed by atoms with Gasteiger partial charge in [0.05, 0.1) is 25.5 Å². The van der Waals surface area contributed by atoms with E-state index in [2.05, 4.69) is 15.5 Å². The zero-order valence-corrected chi connectivity index (χ0v) is 17.8. The molecule has 2 aromatic carbocycles. The van der Waals surface area contributed by atoms with Crippen LogP contribution >= 0.6 is 11.8 Å². The summed E-state index contributed by atoms with van der Waals surface area (Å²) < 4.78 is 7.44. The number of morpholine rings is 1. The lowest BCUT2D eigenvalue weighted by Crippen LogP contribution is -3.14. The predicted octanol–water partition coefficient (Wildman–Crippen LogP) is 1.74. The van der Waals surface area contributed by atoms with E-state index in [1.165, 1.54) is 0 Å². The van der Waals surface area contributed by atoms with Crippen molar-refractivity contribution in [1.82, 2.24) is 14.8 Å². The van der Waals surface area contributed by atoms with E-state index in [0.717, 1.165) is 60.8 Å². The molecule has 0 spiro atoms. The number of thioether (sulfide) groups is 1. The van der Waals surface area contributed by atoms with Crippen LogP contribution in [0.2, 0.25) is 0 Å². The predicted molar refractivity (Wildman–Crippen MR) is 118 cm³/mol. The molecule has 7 nitrogen and oxygen atoms in total. The molecule has 8 heteroatoms. The minimum Gasteiger partial charge on any atom is -0.370 e. The molecule has 156 valence electrons. The van der Waals surface area contributed by atoms with Gasteiger partial charge in [0.1, 0.15) is 13.1 Å². The average Bonchev–Trinajstić information content (AvgIpc) is 3.16. The zero-order chi connectivity index (χ0) is 20.8. The number of rotatable bonds is 7. The van der Waals surface area contributed by atoms with Crippen molar-refractivity contribution in [1.29, 1.82) is 0 Å². The number of carbonyl (C=O) groups is 1. The number of anilines is 1. The number of ether oxygens (including phenoxy) is 1. The molecule has 0 aliphatic carbocycles. The number of carbonyl (C=O) groups excluding carboxylic acids is 1. The third-order valence-corrected chi connectivity index (χ3v) is 6.18. The van der Waals surface area contributed by atoms with E-state index in [9.17, 15) is 4.79 Å². The number of nitrogens with one attached hydrogen (secondary N) is 2. The van der Waals surface area contributed by atoms with Gasteiger partial charge >= 0.3 is 0 Å². The molecule has 3 aromatic rings. The second-order valence-corrected chi connectivity index (χ2v) is 8.29. The molecule has 0 atom stereocenters. The molecule has 1 saturated heterocycles. The minimum absolute atomic E-state index is 0.122. The Morgan fingerprint density at radius 2 is 1.83 bits per heavy atom. The Bertz CT molecular complexity index is 969. The molecule has 0 bridgehead atoms. The molecule has 0 unspecified atom stereocenters. The summed E-state index contributed by atoms with van der Waals surface area (Å²) in [5.41, 5.74) is 2.35. The van der Waals surface area contributed by atoms with Crippen molar-refractivity contribution in [2.75, 3.05) is 43.9 Å². The third kappa shape index (κ3) is 5.08. The van der Waals surface area contributed by atoms with Gasteiger partial charge in [0.2, 0.25) is 0 Å². The Labute approximate surface area is 180 Å². The molecule has 1 fully saturated rings. The first-order valence-electron chi connectivity index (χ1n) is 10.1. The van der Waals surface area contributed by atoms with Crippen LogP contribution in [0.15, 0.2) is 59.8 Å². The lowest BCUT2D eigenvalue weighted by Gasteiger charge is -2.23. The first-order valence-corrected chi connectivity index (χ1v) is 11.1. The highest BCUT2D eigenvalue weighted by molar-refractivity contribution is 7.99. The van der Waals surface area contributed by atoms with Gasteiger partial charge in [-0.3, -0.25) is 4.79 Å². The number of hydrogen-bond donors (Lipinski definition) is 2. The fourth-order valence-corrected chi connectivity index (χ4v) is 4.34. The van der Waals surface area contributed by atoms with Crippen LogP contribution in [-0.4, -0.2) is 59.3 Å². The van der Waals surface area contributed by atoms with Gasteiger partial charge in [-0.2, -0.15) is 0 Å². The van der Waals surface area contributed by atoms with Gasteiger partial charge in [-0.05, 0) is 36.4 Å². The first kappa shape index (κ1) is 20.6. The molecule has 2 heterocycles. The van der Waals surface area contributed by atoms with Crippen LogP contribution in [0, 0.1) is 0 Å². The van der Waals surface area contributed by atoms with Crippen LogP contribution in [0.5, 0.6) is 0 Å². The summed E-state index contributed by atoms with van der Waals surface area (Å²) in [5.74, 6) is 1.70. The maximum absolute atomic E-state index is 12.3. The highest BCUT2D eigenvalue weighted by Gasteiger charge is 2.16. The van der Waals surface area contributed by atoms with Gasteiger partial charge in [0, 0.05) is 23.9 Å². The number of aromatic nitrogens is 3. The number of benzene rings is 2. The lowest BCUT2D eigenvalue weighted by atomic mass is 10.1. The van der Waals surface area contributed by atoms with Crippen LogP contribution in [-0.2, 0) is 11.8 Å². The molecule has 4 rings (SSSR count). The van der Waals surface area contributed by atoms with Gasteiger partial charge in [0.25, 0.3) is 5.91 Å². The fourth-order valence-electron chi connectivity index (χ4n) is 3.38. The minimum atomic E-state index is -0.122. The highest BCUT2D eigenvalue weighted by Crippen LogP contribution is 2.23. The molecule has 30 heavy (non-hydrogen) atoms. The van der Waals surface area contributed by atoms with Crippen molar-refractivity contribution in [3.8, 4) is 11.4 Å². The molecule has 1 aromatic heterocycles. The summed E-state index contributed by atoms with van der Waals surface area (Å²) in [6.07, 6.45) is 0. The highest BCUT2D eigenvalue weighted by atomic mass is 32.2. The summed E-state index contributed by atoms with van der Waals surface area (Å²) in [4.78, 5) is 13.9. The molecule has 0 saturated carbocycles. The largest absolute Gasteiger partial charge is 0.370 e. The number of quaternary nitrogens is 1. The smallest absolute Gasteiger partial charge is 0.255 e. The van der Waals surface area contributed by atoms with E-state index in [4.69, 9.17) is 4.74 Å². The van der Waals surface area contributed by atoms with Crippen LogP contribution in [0.3, 0.4) is 0 Å². The van der Waals surface area contributed by atoms with E-state index >= 15 is 0 Å². The Hall–Kier alpha value is -2.68. The van der Waals surface area contributed by atoms with E-state index in [1.54, 1.807) is 28.8 Å². The number of amides is 1. The molecule has 1 aliphatic heterocycles. The summed E-state index contributed by atoms with van der Waals surface area (Å²) >= 11 is 1.74. The average molecular weight is 425 g/mol. The van der Waals surface area contributed by atoms with Crippen molar-refractivity contribution >= 4 is 23.4 Å². The second kappa shape index (κ2) is 9.88. The summed E-state index contributed by atoms with van der Waals surface area (Å²) in [6, 6.07) is 16.9. The van der Waals surface area contributed by atoms with Crippen molar-refractivity contribution in [3.05, 3.63) is 60.2 Å². The van der Waals surface area contributed by atoms with E-state index in [1.807, 2.05) is 54.1 Å². The van der Waals surface area contributed by atoms with E-state index < -0.39 is 0 Å². The van der Waals surface area contributed by atoms with Crippen molar-refractivity contribution in [3.63, 3.8) is 0 Å². The second-order valence-electron chi connectivity index (χ2n) is 7.22. The Morgan fingerprint density at radius 1 is 1.10 bits per heavy atom. The Morgan fingerprint density at radius 3 is 2.57 bits per heavy atom. The fraction of sp³-hybridized carbons (Fsp3) is 0.318. The molecule has 1 amide bonds. The maximum atomic E-state index is 12.3. The van der Waals surface area contributed by atoms with Crippen LogP contribution in [0.25, 0.3) is 11.4 Å². The van der Waals surface area contributed by atoms with Crippen LogP contribution < -0.4 is 10.2 Å². The normalized spacial score (nSPS) is 14.6. The van der Waals surface area contributed by atoms with E-state index in [-0.39, 0.29) is 5.91 Å². The number of nitrogens with zero attached hydrogens (tertiary/aromatic N) is 3. The Balaban J connectivity index is 1.35. The lowest BCUT2D eigenvalue weighted by molar-refractivity contribution is -0.905. The van der Waals surface area contributed by atoms with Crippen LogP contribution in [0.1, 0.15) is 10.4 Å².